The zero-order valence-electron chi connectivity index (χ0n) is 10.3. The molecule has 0 unspecified atom stereocenters. The number of pyridine rings is 1. The van der Waals surface area contributed by atoms with Crippen LogP contribution in [0.25, 0.3) is 10.9 Å². The third-order valence-corrected chi connectivity index (χ3v) is 3.76. The van der Waals surface area contributed by atoms with E-state index >= 15 is 0 Å². The maximum atomic E-state index is 3.60. The monoisotopic (exact) mass is 425 g/mol. The highest BCUT2D eigenvalue weighted by Crippen LogP contribution is 2.20. The average molecular weight is 426 g/mol. The van der Waals surface area contributed by atoms with Gasteiger partial charge in [0.1, 0.15) is 0 Å². The van der Waals surface area contributed by atoms with Crippen LogP contribution in [0, 0.1) is 0 Å². The third-order valence-electron chi connectivity index (χ3n) is 3.06. The lowest BCUT2D eigenvalue weighted by molar-refractivity contribution is -0.662. The van der Waals surface area contributed by atoms with E-state index in [1.54, 1.807) is 0 Å². The molecule has 19 heavy (non-hydrogen) atoms. The van der Waals surface area contributed by atoms with Crippen LogP contribution in [0.15, 0.2) is 71.3 Å². The molecule has 3 heteroatoms. The Morgan fingerprint density at radius 2 is 1.63 bits per heavy atom. The van der Waals surface area contributed by atoms with Crippen molar-refractivity contribution in [2.24, 2.45) is 0 Å². The van der Waals surface area contributed by atoms with Gasteiger partial charge in [-0.1, -0.05) is 36.4 Å². The van der Waals surface area contributed by atoms with Gasteiger partial charge in [-0.2, -0.15) is 4.57 Å². The predicted octanol–water partition coefficient (Wildman–Crippen LogP) is 0.942. The van der Waals surface area contributed by atoms with Crippen LogP contribution in [0.1, 0.15) is 5.56 Å². The summed E-state index contributed by atoms with van der Waals surface area (Å²) in [5.41, 5.74) is 2.56. The van der Waals surface area contributed by atoms with Crippen molar-refractivity contribution in [3.05, 3.63) is 76.9 Å². The lowest BCUT2D eigenvalue weighted by atomic mass is 10.2. The third kappa shape index (κ3) is 3.15. The van der Waals surface area contributed by atoms with Gasteiger partial charge in [-0.05, 0) is 28.1 Å². The van der Waals surface area contributed by atoms with Gasteiger partial charge in [0.2, 0.25) is 5.52 Å². The van der Waals surface area contributed by atoms with E-state index in [4.69, 9.17) is 0 Å². The molecule has 0 radical (unpaired) electrons. The molecule has 96 valence electrons. The molecule has 0 aliphatic heterocycles. The van der Waals surface area contributed by atoms with Gasteiger partial charge in [-0.25, -0.2) is 0 Å². The Morgan fingerprint density at radius 1 is 0.842 bits per heavy atom. The number of hydrogen-bond donors (Lipinski definition) is 0. The largest absolute Gasteiger partial charge is 1.00 e. The molecule has 2 aromatic carbocycles. The molecule has 1 heterocycles. The van der Waals surface area contributed by atoms with Crippen LogP contribution in [-0.2, 0) is 6.54 Å². The zero-order chi connectivity index (χ0) is 12.4. The normalized spacial score (nSPS) is 10.2. The van der Waals surface area contributed by atoms with Crippen molar-refractivity contribution >= 4 is 26.8 Å². The molecule has 1 nitrogen and oxygen atoms in total. The lowest BCUT2D eigenvalue weighted by Gasteiger charge is -2.02. The summed E-state index contributed by atoms with van der Waals surface area (Å²) in [7, 11) is 0. The fraction of sp³-hybridized carbons (Fsp3) is 0.0625. The number of benzene rings is 2. The molecular formula is C16H13BrIN. The topological polar surface area (TPSA) is 3.88 Å². The van der Waals surface area contributed by atoms with Crippen molar-refractivity contribution in [2.75, 3.05) is 0 Å². The van der Waals surface area contributed by atoms with E-state index in [1.807, 2.05) is 6.07 Å². The van der Waals surface area contributed by atoms with Gasteiger partial charge < -0.3 is 24.0 Å². The van der Waals surface area contributed by atoms with E-state index in [0.717, 1.165) is 11.0 Å². The fourth-order valence-corrected chi connectivity index (χ4v) is 2.67. The second kappa shape index (κ2) is 6.48. The summed E-state index contributed by atoms with van der Waals surface area (Å²) in [6.07, 6.45) is 2.13. The van der Waals surface area contributed by atoms with Crippen LogP contribution in [-0.4, -0.2) is 0 Å². The first kappa shape index (κ1) is 14.5. The highest BCUT2D eigenvalue weighted by atomic mass is 127. The smallest absolute Gasteiger partial charge is 0.213 e. The first-order chi connectivity index (χ1) is 8.84. The van der Waals surface area contributed by atoms with Gasteiger partial charge in [0, 0.05) is 22.2 Å². The quantitative estimate of drug-likeness (QED) is 0.425. The highest BCUT2D eigenvalue weighted by Gasteiger charge is 2.10. The number of nitrogens with zero attached hydrogens (tertiary/aromatic N) is 1. The summed E-state index contributed by atoms with van der Waals surface area (Å²) in [5, 5.41) is 1.25. The summed E-state index contributed by atoms with van der Waals surface area (Å²) in [6.45, 7) is 0.897. The molecule has 0 bridgehead atoms. The first-order valence-electron chi connectivity index (χ1n) is 5.95. The van der Waals surface area contributed by atoms with Crippen LogP contribution >= 0.6 is 15.9 Å². The maximum absolute atomic E-state index is 3.60. The van der Waals surface area contributed by atoms with E-state index in [9.17, 15) is 0 Å². The van der Waals surface area contributed by atoms with Crippen molar-refractivity contribution in [3.8, 4) is 0 Å². The Kier molecular flexibility index (Phi) is 4.93. The maximum Gasteiger partial charge on any atom is 0.213 e. The standard InChI is InChI=1S/C16H13BrN.HI/c17-15-9-4-10-16-14(15)8-5-11-18(16)12-13-6-2-1-3-7-13;/h1-11H,12H2;1H/q+1;/p-1. The fourth-order valence-electron chi connectivity index (χ4n) is 2.18. The number of aromatic nitrogens is 1. The molecule has 3 aromatic rings. The van der Waals surface area contributed by atoms with E-state index in [1.165, 1.54) is 16.5 Å². The molecule has 0 atom stereocenters. The number of fused-ring (bicyclic) bond motifs is 1. The molecular weight excluding hydrogens is 413 g/mol. The van der Waals surface area contributed by atoms with Crippen LogP contribution < -0.4 is 28.5 Å². The van der Waals surface area contributed by atoms with E-state index in [0.29, 0.717) is 0 Å². The summed E-state index contributed by atoms with van der Waals surface area (Å²) < 4.78 is 3.41. The minimum Gasteiger partial charge on any atom is -1.00 e. The van der Waals surface area contributed by atoms with Crippen LogP contribution in [0.2, 0.25) is 0 Å². The van der Waals surface area contributed by atoms with Gasteiger partial charge in [-0.3, -0.25) is 0 Å². The Bertz CT molecular complexity index is 683. The van der Waals surface area contributed by atoms with Crippen molar-refractivity contribution in [1.82, 2.24) is 0 Å². The molecule has 0 aliphatic carbocycles. The average Bonchev–Trinajstić information content (AvgIpc) is 2.41. The second-order valence-corrected chi connectivity index (χ2v) is 5.15. The SMILES string of the molecule is Brc1cccc2c1ccc[n+]2Cc1ccccc1.[I-]. The second-order valence-electron chi connectivity index (χ2n) is 4.29. The van der Waals surface area contributed by atoms with Crippen LogP contribution in [0.5, 0.6) is 0 Å². The van der Waals surface area contributed by atoms with E-state index < -0.39 is 0 Å². The first-order valence-corrected chi connectivity index (χ1v) is 6.74. The Balaban J connectivity index is 0.00000133. The summed E-state index contributed by atoms with van der Waals surface area (Å²) in [6, 6.07) is 21.1. The lowest BCUT2D eigenvalue weighted by Crippen LogP contribution is -3.00. The molecule has 0 saturated carbocycles. The van der Waals surface area contributed by atoms with Crippen molar-refractivity contribution < 1.29 is 28.5 Å². The van der Waals surface area contributed by atoms with Gasteiger partial charge >= 0.3 is 0 Å². The van der Waals surface area contributed by atoms with E-state index in [-0.39, 0.29) is 24.0 Å². The summed E-state index contributed by atoms with van der Waals surface area (Å²) in [5.74, 6) is 0. The van der Waals surface area contributed by atoms with Crippen LogP contribution in [0.4, 0.5) is 0 Å². The molecule has 0 spiro atoms. The van der Waals surface area contributed by atoms with Crippen molar-refractivity contribution in [1.29, 1.82) is 0 Å². The van der Waals surface area contributed by atoms with Crippen LogP contribution in [0.3, 0.4) is 0 Å². The Morgan fingerprint density at radius 3 is 2.42 bits per heavy atom. The Labute approximate surface area is 138 Å². The summed E-state index contributed by atoms with van der Waals surface area (Å²) in [4.78, 5) is 0. The number of rotatable bonds is 2. The van der Waals surface area contributed by atoms with Gasteiger partial charge in [0.05, 0.1) is 5.39 Å². The van der Waals surface area contributed by atoms with Gasteiger partial charge in [0.15, 0.2) is 12.7 Å². The molecule has 0 N–H and O–H groups in total. The number of hydrogen-bond acceptors (Lipinski definition) is 0. The molecule has 0 saturated heterocycles. The zero-order valence-corrected chi connectivity index (χ0v) is 14.0. The molecule has 0 aliphatic rings. The molecule has 3 rings (SSSR count). The Hall–Kier alpha value is -0.940. The van der Waals surface area contributed by atoms with Gasteiger partial charge in [0.25, 0.3) is 0 Å². The van der Waals surface area contributed by atoms with Gasteiger partial charge in [-0.15, -0.1) is 0 Å². The minimum absolute atomic E-state index is 0. The molecule has 0 fully saturated rings. The molecule has 1 aromatic heterocycles. The number of halogens is 2. The predicted molar refractivity (Wildman–Crippen MR) is 77.4 cm³/mol. The summed E-state index contributed by atoms with van der Waals surface area (Å²) >= 11 is 3.60. The molecule has 0 amide bonds. The minimum atomic E-state index is 0. The highest BCUT2D eigenvalue weighted by molar-refractivity contribution is 9.10. The van der Waals surface area contributed by atoms with Crippen molar-refractivity contribution in [2.45, 2.75) is 6.54 Å². The van der Waals surface area contributed by atoms with Crippen molar-refractivity contribution in [3.63, 3.8) is 0 Å². The van der Waals surface area contributed by atoms with E-state index in [2.05, 4.69) is 81.3 Å².